The van der Waals surface area contributed by atoms with Crippen LogP contribution in [0.4, 0.5) is 0 Å². The van der Waals surface area contributed by atoms with Gasteiger partial charge in [0.05, 0.1) is 17.9 Å². The lowest BCUT2D eigenvalue weighted by Crippen LogP contribution is -2.38. The average molecular weight is 675 g/mol. The first kappa shape index (κ1) is 34.3. The van der Waals surface area contributed by atoms with Crippen LogP contribution in [-0.2, 0) is 19.1 Å². The molecule has 1 aliphatic carbocycles. The van der Waals surface area contributed by atoms with Crippen LogP contribution in [0.5, 0.6) is 0 Å². The summed E-state index contributed by atoms with van der Waals surface area (Å²) in [6.07, 6.45) is 7.74. The Morgan fingerprint density at radius 2 is 1.45 bits per heavy atom. The fourth-order valence-electron chi connectivity index (χ4n) is 6.85. The Balaban J connectivity index is 1.27. The molecule has 1 heterocycles. The fourth-order valence-corrected chi connectivity index (χ4v) is 7.05. The predicted octanol–water partition coefficient (Wildman–Crippen LogP) is 9.01. The number of Topliss-reactive ketones (excluding diaryl/α,β-unsaturated/α-hetero) is 1. The number of carbonyl (C=O) groups excluding carboxylic acids is 2. The highest BCUT2D eigenvalue weighted by atomic mass is 35.5. The molecule has 0 amide bonds. The topological polar surface area (TPSA) is 77.0 Å². The maximum atomic E-state index is 14.2. The largest absolute Gasteiger partial charge is 0.462 e. The summed E-state index contributed by atoms with van der Waals surface area (Å²) in [5, 5.41) is 3.73. The molecule has 0 aromatic heterocycles. The van der Waals surface area contributed by atoms with Gasteiger partial charge in [0.25, 0.3) is 0 Å². The number of esters is 1. The molecule has 1 atom stereocenters. The third-order valence-corrected chi connectivity index (χ3v) is 9.66. The van der Waals surface area contributed by atoms with Gasteiger partial charge in [-0.15, -0.1) is 0 Å². The zero-order chi connectivity index (χ0) is 33.8. The summed E-state index contributed by atoms with van der Waals surface area (Å²) in [6.45, 7) is 0.495. The lowest BCUT2D eigenvalue weighted by molar-refractivity contribution is -0.140. The van der Waals surface area contributed by atoms with Gasteiger partial charge in [-0.1, -0.05) is 147 Å². The van der Waals surface area contributed by atoms with Gasteiger partial charge in [0.15, 0.2) is 0 Å². The van der Waals surface area contributed by atoms with E-state index in [2.05, 4.69) is 29.6 Å². The fraction of sp³-hybridized carbons (Fsp3) is 0.310. The van der Waals surface area contributed by atoms with E-state index in [1.165, 1.54) is 32.1 Å². The van der Waals surface area contributed by atoms with Crippen LogP contribution in [0.25, 0.3) is 0 Å². The number of amidine groups is 1. The molecule has 4 aromatic rings. The molecular formula is C42H43ClN2O4. The summed E-state index contributed by atoms with van der Waals surface area (Å²) < 4.78 is 12.0. The molecule has 1 N–H and O–H groups in total. The molecular weight excluding hydrogens is 632 g/mol. The van der Waals surface area contributed by atoms with Gasteiger partial charge in [-0.2, -0.15) is 0 Å². The Morgan fingerprint density at radius 1 is 0.796 bits per heavy atom. The summed E-state index contributed by atoms with van der Waals surface area (Å²) >= 11 is 6.44. The summed E-state index contributed by atoms with van der Waals surface area (Å²) in [7, 11) is 0. The lowest BCUT2D eigenvalue weighted by Gasteiger charge is -2.28. The monoisotopic (exact) mass is 674 g/mol. The van der Waals surface area contributed by atoms with Crippen molar-refractivity contribution >= 4 is 29.2 Å². The van der Waals surface area contributed by atoms with Crippen molar-refractivity contribution in [1.29, 1.82) is 0 Å². The predicted molar refractivity (Wildman–Crippen MR) is 195 cm³/mol. The number of hydrogen-bond acceptors (Lipinski definition) is 6. The molecule has 6 rings (SSSR count). The molecule has 1 saturated carbocycles. The van der Waals surface area contributed by atoms with E-state index in [-0.39, 0.29) is 36.2 Å². The Morgan fingerprint density at radius 3 is 2.10 bits per heavy atom. The van der Waals surface area contributed by atoms with Crippen molar-refractivity contribution in [2.45, 2.75) is 56.9 Å². The van der Waals surface area contributed by atoms with Crippen molar-refractivity contribution in [3.63, 3.8) is 0 Å². The Labute approximate surface area is 294 Å². The van der Waals surface area contributed by atoms with Crippen LogP contribution in [0.15, 0.2) is 132 Å². The van der Waals surface area contributed by atoms with Crippen molar-refractivity contribution in [3.8, 4) is 0 Å². The van der Waals surface area contributed by atoms with Gasteiger partial charge in [-0.05, 0) is 47.6 Å². The summed E-state index contributed by atoms with van der Waals surface area (Å²) in [6, 6.07) is 36.4. The van der Waals surface area contributed by atoms with Crippen LogP contribution in [0.1, 0.15) is 79.2 Å². The second-order valence-corrected chi connectivity index (χ2v) is 13.2. The van der Waals surface area contributed by atoms with Gasteiger partial charge in [0, 0.05) is 23.1 Å². The maximum absolute atomic E-state index is 14.2. The standard InChI is InChI=1S/C42H43ClN2O4/c43-35-23-13-22-34(28-35)39-38(42(47)49-27-25-36(31-16-7-2-8-17-31)32-18-9-3-10-19-32)40(45-41(44-39)33-20-11-4-12-21-33)37(46)29-48-26-24-30-14-5-1-6-15-30/h2-4,7-13,16-23,28,30,36,39H,1,5-6,14-15,24-27,29H2,(H,44,45). The Kier molecular flexibility index (Phi) is 12.1. The Bertz CT molecular complexity index is 1710. The number of nitrogens with one attached hydrogen (secondary N) is 1. The molecule has 1 fully saturated rings. The number of ketones is 1. The van der Waals surface area contributed by atoms with Crippen LogP contribution in [0, 0.1) is 5.92 Å². The van der Waals surface area contributed by atoms with Crippen LogP contribution < -0.4 is 5.32 Å². The van der Waals surface area contributed by atoms with E-state index in [4.69, 9.17) is 26.1 Å². The van der Waals surface area contributed by atoms with E-state index >= 15 is 0 Å². The van der Waals surface area contributed by atoms with E-state index in [1.54, 1.807) is 12.1 Å². The number of hydrogen-bond donors (Lipinski definition) is 1. The van der Waals surface area contributed by atoms with Crippen molar-refractivity contribution < 1.29 is 19.1 Å². The van der Waals surface area contributed by atoms with Crippen LogP contribution in [-0.4, -0.2) is 37.4 Å². The number of aliphatic imine (C=N–C) groups is 1. The third-order valence-electron chi connectivity index (χ3n) is 9.43. The first-order valence-corrected chi connectivity index (χ1v) is 17.7. The number of rotatable bonds is 14. The van der Waals surface area contributed by atoms with Gasteiger partial charge < -0.3 is 14.8 Å². The van der Waals surface area contributed by atoms with E-state index in [1.807, 2.05) is 78.9 Å². The molecule has 0 saturated heterocycles. The number of ether oxygens (including phenoxy) is 2. The van der Waals surface area contributed by atoms with Crippen molar-refractivity contribution in [2.24, 2.45) is 10.9 Å². The highest BCUT2D eigenvalue weighted by Gasteiger charge is 2.35. The smallest absolute Gasteiger partial charge is 0.338 e. The summed E-state index contributed by atoms with van der Waals surface area (Å²) in [5.74, 6) is 0.233. The van der Waals surface area contributed by atoms with Crippen molar-refractivity contribution in [2.75, 3.05) is 19.8 Å². The van der Waals surface area contributed by atoms with Gasteiger partial charge in [0.2, 0.25) is 5.78 Å². The van der Waals surface area contributed by atoms with Crippen molar-refractivity contribution in [1.82, 2.24) is 5.32 Å². The van der Waals surface area contributed by atoms with Gasteiger partial charge in [-0.25, -0.2) is 4.79 Å². The molecule has 4 aromatic carbocycles. The minimum Gasteiger partial charge on any atom is -0.462 e. The summed E-state index contributed by atoms with van der Waals surface area (Å²) in [5.41, 5.74) is 4.04. The quantitative estimate of drug-likeness (QED) is 0.107. The molecule has 252 valence electrons. The van der Waals surface area contributed by atoms with E-state index < -0.39 is 12.0 Å². The first-order valence-electron chi connectivity index (χ1n) is 17.3. The minimum atomic E-state index is -0.817. The van der Waals surface area contributed by atoms with E-state index in [0.29, 0.717) is 35.4 Å². The van der Waals surface area contributed by atoms with Crippen LogP contribution >= 0.6 is 11.6 Å². The van der Waals surface area contributed by atoms with Gasteiger partial charge >= 0.3 is 5.97 Å². The molecule has 1 aliphatic heterocycles. The van der Waals surface area contributed by atoms with Crippen molar-refractivity contribution in [3.05, 3.63) is 154 Å². The lowest BCUT2D eigenvalue weighted by atomic mass is 9.87. The number of benzene rings is 4. The SMILES string of the molecule is O=C(COCCC1CCCCC1)C1=C(C(=O)OCCC(c2ccccc2)c2ccccc2)C(c2cccc(Cl)c2)N=C(c2ccccc2)N1. The zero-order valence-corrected chi connectivity index (χ0v) is 28.5. The minimum absolute atomic E-state index is 0.0266. The first-order chi connectivity index (χ1) is 24.1. The normalized spacial score (nSPS) is 16.6. The van der Waals surface area contributed by atoms with E-state index in [0.717, 1.165) is 23.1 Å². The third kappa shape index (κ3) is 9.14. The number of nitrogens with zero attached hydrogens (tertiary/aromatic N) is 1. The second-order valence-electron chi connectivity index (χ2n) is 12.8. The molecule has 2 aliphatic rings. The molecule has 6 nitrogen and oxygen atoms in total. The molecule has 0 spiro atoms. The highest BCUT2D eigenvalue weighted by molar-refractivity contribution is 6.30. The summed E-state index contributed by atoms with van der Waals surface area (Å²) in [4.78, 5) is 33.2. The molecule has 0 radical (unpaired) electrons. The Hall–Kier alpha value is -4.52. The average Bonchev–Trinajstić information content (AvgIpc) is 3.16. The number of carbonyl (C=O) groups is 2. The number of halogens is 1. The molecule has 49 heavy (non-hydrogen) atoms. The second kappa shape index (κ2) is 17.2. The van der Waals surface area contributed by atoms with Gasteiger partial charge in [0.1, 0.15) is 18.5 Å². The van der Waals surface area contributed by atoms with Gasteiger partial charge in [-0.3, -0.25) is 9.79 Å². The molecule has 0 bridgehead atoms. The van der Waals surface area contributed by atoms with Crippen LogP contribution in [0.2, 0.25) is 5.02 Å². The van der Waals surface area contributed by atoms with E-state index in [9.17, 15) is 9.59 Å². The van der Waals surface area contributed by atoms with Crippen LogP contribution in [0.3, 0.4) is 0 Å². The zero-order valence-electron chi connectivity index (χ0n) is 27.7. The maximum Gasteiger partial charge on any atom is 0.338 e. The molecule has 7 heteroatoms. The molecule has 1 unspecified atom stereocenters. The highest BCUT2D eigenvalue weighted by Crippen LogP contribution is 2.35.